The number of nitrogens with two attached hydrogens (primary N) is 1. The zero-order valence-electron chi connectivity index (χ0n) is 7.48. The standard InChI is InChI=1S/C8H14N4O/c9-6-1-2-7-10-11-8(3-4-13)12(7)5-6/h6,13H,1-5,9H2. The van der Waals surface area contributed by atoms with Crippen LogP contribution in [0.2, 0.25) is 0 Å². The first-order valence-electron chi connectivity index (χ1n) is 4.58. The molecule has 0 saturated carbocycles. The molecular formula is C8H14N4O. The zero-order chi connectivity index (χ0) is 9.26. The molecule has 1 atom stereocenters. The van der Waals surface area contributed by atoms with Crippen LogP contribution in [-0.4, -0.2) is 32.5 Å². The lowest BCUT2D eigenvalue weighted by Gasteiger charge is -2.20. The quantitative estimate of drug-likeness (QED) is 0.620. The van der Waals surface area contributed by atoms with Crippen LogP contribution in [0.1, 0.15) is 18.1 Å². The van der Waals surface area contributed by atoms with E-state index in [1.807, 2.05) is 4.57 Å². The molecule has 72 valence electrons. The molecule has 5 heteroatoms. The Morgan fingerprint density at radius 2 is 2.38 bits per heavy atom. The van der Waals surface area contributed by atoms with Crippen LogP contribution in [0.15, 0.2) is 0 Å². The number of aliphatic hydroxyl groups is 1. The highest BCUT2D eigenvalue weighted by Crippen LogP contribution is 2.13. The Morgan fingerprint density at radius 1 is 1.54 bits per heavy atom. The lowest BCUT2D eigenvalue weighted by atomic mass is 10.1. The SMILES string of the molecule is NC1CCc2nnc(CCO)n2C1. The van der Waals surface area contributed by atoms with Crippen molar-refractivity contribution < 1.29 is 5.11 Å². The Hall–Kier alpha value is -0.940. The summed E-state index contributed by atoms with van der Waals surface area (Å²) in [6.45, 7) is 0.908. The van der Waals surface area contributed by atoms with E-state index in [9.17, 15) is 0 Å². The average Bonchev–Trinajstić information content (AvgIpc) is 2.49. The van der Waals surface area contributed by atoms with Crippen molar-refractivity contribution in [2.24, 2.45) is 5.73 Å². The first kappa shape index (κ1) is 8.65. The number of aliphatic hydroxyl groups excluding tert-OH is 1. The monoisotopic (exact) mass is 182 g/mol. The first-order valence-corrected chi connectivity index (χ1v) is 4.58. The van der Waals surface area contributed by atoms with Gasteiger partial charge < -0.3 is 15.4 Å². The van der Waals surface area contributed by atoms with Crippen molar-refractivity contribution in [2.75, 3.05) is 6.61 Å². The van der Waals surface area contributed by atoms with E-state index in [0.29, 0.717) is 6.42 Å². The van der Waals surface area contributed by atoms with E-state index in [0.717, 1.165) is 31.0 Å². The minimum Gasteiger partial charge on any atom is -0.396 e. The van der Waals surface area contributed by atoms with Crippen LogP contribution in [0.25, 0.3) is 0 Å². The molecule has 5 nitrogen and oxygen atoms in total. The maximum Gasteiger partial charge on any atom is 0.135 e. The maximum atomic E-state index is 8.79. The molecule has 0 saturated heterocycles. The third kappa shape index (κ3) is 1.57. The molecular weight excluding hydrogens is 168 g/mol. The highest BCUT2D eigenvalue weighted by molar-refractivity contribution is 5.01. The topological polar surface area (TPSA) is 77.0 Å². The van der Waals surface area contributed by atoms with Crippen LogP contribution >= 0.6 is 0 Å². The summed E-state index contributed by atoms with van der Waals surface area (Å²) in [6.07, 6.45) is 2.45. The molecule has 0 amide bonds. The molecule has 0 aliphatic carbocycles. The van der Waals surface area contributed by atoms with Gasteiger partial charge in [0.2, 0.25) is 0 Å². The van der Waals surface area contributed by atoms with Crippen molar-refractivity contribution >= 4 is 0 Å². The molecule has 2 heterocycles. The predicted molar refractivity (Wildman–Crippen MR) is 47.1 cm³/mol. The van der Waals surface area contributed by atoms with E-state index in [1.54, 1.807) is 0 Å². The Bertz CT molecular complexity index is 296. The summed E-state index contributed by atoms with van der Waals surface area (Å²) in [5.41, 5.74) is 5.83. The van der Waals surface area contributed by atoms with Crippen molar-refractivity contribution in [1.29, 1.82) is 0 Å². The molecule has 0 fully saturated rings. The van der Waals surface area contributed by atoms with Gasteiger partial charge in [0, 0.05) is 25.4 Å². The van der Waals surface area contributed by atoms with Crippen molar-refractivity contribution in [3.05, 3.63) is 11.6 Å². The summed E-state index contributed by atoms with van der Waals surface area (Å²) in [7, 11) is 0. The summed E-state index contributed by atoms with van der Waals surface area (Å²) >= 11 is 0. The van der Waals surface area contributed by atoms with Gasteiger partial charge in [-0.05, 0) is 6.42 Å². The molecule has 0 bridgehead atoms. The Balaban J connectivity index is 2.25. The average molecular weight is 182 g/mol. The highest BCUT2D eigenvalue weighted by Gasteiger charge is 2.19. The smallest absolute Gasteiger partial charge is 0.135 e. The van der Waals surface area contributed by atoms with E-state index in [4.69, 9.17) is 10.8 Å². The molecule has 1 aromatic rings. The normalized spacial score (nSPS) is 21.5. The maximum absolute atomic E-state index is 8.79. The largest absolute Gasteiger partial charge is 0.396 e. The van der Waals surface area contributed by atoms with Crippen LogP contribution in [0, 0.1) is 0 Å². The molecule has 13 heavy (non-hydrogen) atoms. The summed E-state index contributed by atoms with van der Waals surface area (Å²) in [6, 6.07) is 0.209. The van der Waals surface area contributed by atoms with Crippen LogP contribution in [0.3, 0.4) is 0 Å². The summed E-state index contributed by atoms with van der Waals surface area (Å²) in [4.78, 5) is 0. The van der Waals surface area contributed by atoms with Crippen LogP contribution in [0.5, 0.6) is 0 Å². The lowest BCUT2D eigenvalue weighted by Crippen LogP contribution is -2.32. The lowest BCUT2D eigenvalue weighted by molar-refractivity contribution is 0.292. The van der Waals surface area contributed by atoms with Crippen LogP contribution in [-0.2, 0) is 19.4 Å². The Labute approximate surface area is 76.6 Å². The van der Waals surface area contributed by atoms with Gasteiger partial charge in [-0.2, -0.15) is 0 Å². The van der Waals surface area contributed by atoms with Crippen LogP contribution < -0.4 is 5.73 Å². The third-order valence-electron chi connectivity index (χ3n) is 2.40. The van der Waals surface area contributed by atoms with E-state index in [2.05, 4.69) is 10.2 Å². The fraction of sp³-hybridized carbons (Fsp3) is 0.750. The van der Waals surface area contributed by atoms with Gasteiger partial charge >= 0.3 is 0 Å². The summed E-state index contributed by atoms with van der Waals surface area (Å²) < 4.78 is 2.03. The molecule has 1 unspecified atom stereocenters. The molecule has 3 N–H and O–H groups in total. The molecule has 0 radical (unpaired) electrons. The number of nitrogens with zero attached hydrogens (tertiary/aromatic N) is 3. The van der Waals surface area contributed by atoms with Gasteiger partial charge in [-0.1, -0.05) is 0 Å². The summed E-state index contributed by atoms with van der Waals surface area (Å²) in [5.74, 6) is 1.86. The van der Waals surface area contributed by atoms with Crippen molar-refractivity contribution in [2.45, 2.75) is 31.8 Å². The predicted octanol–water partition coefficient (Wildman–Crippen LogP) is -0.914. The second-order valence-corrected chi connectivity index (χ2v) is 3.42. The second-order valence-electron chi connectivity index (χ2n) is 3.42. The summed E-state index contributed by atoms with van der Waals surface area (Å²) in [5, 5.41) is 16.9. The molecule has 0 aromatic carbocycles. The van der Waals surface area contributed by atoms with Gasteiger partial charge in [0.05, 0.1) is 6.61 Å². The number of hydrogen-bond acceptors (Lipinski definition) is 4. The van der Waals surface area contributed by atoms with Crippen LogP contribution in [0.4, 0.5) is 0 Å². The first-order chi connectivity index (χ1) is 6.31. The van der Waals surface area contributed by atoms with Gasteiger partial charge in [-0.3, -0.25) is 0 Å². The fourth-order valence-corrected chi connectivity index (χ4v) is 1.69. The second kappa shape index (κ2) is 3.43. The molecule has 0 spiro atoms. The van der Waals surface area contributed by atoms with Crippen molar-refractivity contribution in [1.82, 2.24) is 14.8 Å². The van der Waals surface area contributed by atoms with Gasteiger partial charge in [0.25, 0.3) is 0 Å². The van der Waals surface area contributed by atoms with Crippen molar-refractivity contribution in [3.63, 3.8) is 0 Å². The highest BCUT2D eigenvalue weighted by atomic mass is 16.3. The Morgan fingerprint density at radius 3 is 3.15 bits per heavy atom. The third-order valence-corrected chi connectivity index (χ3v) is 2.40. The number of aryl methyl sites for hydroxylation is 1. The van der Waals surface area contributed by atoms with Crippen molar-refractivity contribution in [3.8, 4) is 0 Å². The van der Waals surface area contributed by atoms with E-state index in [-0.39, 0.29) is 12.6 Å². The van der Waals surface area contributed by atoms with E-state index < -0.39 is 0 Å². The molecule has 1 aromatic heterocycles. The molecule has 2 rings (SSSR count). The molecule has 1 aliphatic rings. The van der Waals surface area contributed by atoms with Gasteiger partial charge in [0.15, 0.2) is 0 Å². The van der Waals surface area contributed by atoms with Gasteiger partial charge in [-0.15, -0.1) is 10.2 Å². The minimum absolute atomic E-state index is 0.118. The fourth-order valence-electron chi connectivity index (χ4n) is 1.69. The number of hydrogen-bond donors (Lipinski definition) is 2. The Kier molecular flexibility index (Phi) is 2.28. The van der Waals surface area contributed by atoms with E-state index >= 15 is 0 Å². The minimum atomic E-state index is 0.118. The number of aromatic nitrogens is 3. The zero-order valence-corrected chi connectivity index (χ0v) is 7.48. The molecule has 1 aliphatic heterocycles. The van der Waals surface area contributed by atoms with Gasteiger partial charge in [0.1, 0.15) is 11.6 Å². The number of fused-ring (bicyclic) bond motifs is 1. The van der Waals surface area contributed by atoms with E-state index in [1.165, 1.54) is 0 Å². The van der Waals surface area contributed by atoms with Gasteiger partial charge in [-0.25, -0.2) is 0 Å². The number of rotatable bonds is 2.